The first-order valence-electron chi connectivity index (χ1n) is 8.48. The Morgan fingerprint density at radius 1 is 0.655 bits per heavy atom. The smallest absolute Gasteiger partial charge is 0.453 e. The van der Waals surface area contributed by atoms with Gasteiger partial charge in [-0.1, -0.05) is 42.5 Å². The number of benzene rings is 3. The van der Waals surface area contributed by atoms with Crippen LogP contribution in [0.5, 0.6) is 23.0 Å². The molecule has 29 heavy (non-hydrogen) atoms. The van der Waals surface area contributed by atoms with E-state index < -0.39 is 23.7 Å². The normalized spacial score (nSPS) is 13.0. The van der Waals surface area contributed by atoms with Crippen LogP contribution in [-0.2, 0) is 0 Å². The highest BCUT2D eigenvalue weighted by atomic mass is 19.4. The lowest BCUT2D eigenvalue weighted by atomic mass is 10.0. The Balaban J connectivity index is 1.99. The van der Waals surface area contributed by atoms with Crippen molar-refractivity contribution in [1.82, 2.24) is 0 Å². The average Bonchev–Trinajstić information content (AvgIpc) is 2.69. The zero-order valence-corrected chi connectivity index (χ0v) is 14.9. The zero-order valence-electron chi connectivity index (χ0n) is 14.9. The third-order valence-electron chi connectivity index (χ3n) is 4.04. The minimum Gasteiger partial charge on any atom is -0.453 e. The molecule has 0 aromatic heterocycles. The fourth-order valence-electron chi connectivity index (χ4n) is 2.50. The Morgan fingerprint density at radius 2 is 1.14 bits per heavy atom. The van der Waals surface area contributed by atoms with Crippen LogP contribution in [0.3, 0.4) is 0 Å². The molecule has 1 atom stereocenters. The highest BCUT2D eigenvalue weighted by Crippen LogP contribution is 2.45. The summed E-state index contributed by atoms with van der Waals surface area (Å²) in [5.74, 6) is -4.25. The van der Waals surface area contributed by atoms with Crippen molar-refractivity contribution in [2.24, 2.45) is 5.73 Å². The van der Waals surface area contributed by atoms with E-state index in [1.54, 1.807) is 60.7 Å². The lowest BCUT2D eigenvalue weighted by Crippen LogP contribution is -2.45. The van der Waals surface area contributed by atoms with E-state index in [0.717, 1.165) is 12.1 Å². The molecule has 0 unspecified atom stereocenters. The van der Waals surface area contributed by atoms with Gasteiger partial charge in [-0.2, -0.15) is 22.0 Å². The van der Waals surface area contributed by atoms with Crippen molar-refractivity contribution >= 4 is 0 Å². The van der Waals surface area contributed by atoms with Crippen LogP contribution in [0.4, 0.5) is 22.0 Å². The summed E-state index contributed by atoms with van der Waals surface area (Å²) in [6.07, 6.45) is -5.79. The summed E-state index contributed by atoms with van der Waals surface area (Å²) in [7, 11) is 0. The molecule has 3 aromatic rings. The molecule has 8 heteroatoms. The molecule has 3 rings (SSSR count). The first-order chi connectivity index (χ1) is 13.7. The molecule has 3 aromatic carbocycles. The Kier molecular flexibility index (Phi) is 5.74. The number of rotatable bonds is 6. The Morgan fingerprint density at radius 3 is 1.62 bits per heavy atom. The second-order valence-corrected chi connectivity index (χ2v) is 6.13. The quantitative estimate of drug-likeness (QED) is 0.475. The highest BCUT2D eigenvalue weighted by molar-refractivity contribution is 5.48. The maximum atomic E-state index is 13.7. The minimum atomic E-state index is -5.79. The predicted octanol–water partition coefficient (Wildman–Crippen LogP) is 6.47. The van der Waals surface area contributed by atoms with Crippen LogP contribution in [0.1, 0.15) is 11.6 Å². The largest absolute Gasteiger partial charge is 0.455 e. The van der Waals surface area contributed by atoms with Crippen LogP contribution in [-0.4, -0.2) is 12.1 Å². The summed E-state index contributed by atoms with van der Waals surface area (Å²) in [5, 5.41) is 0. The van der Waals surface area contributed by atoms with Gasteiger partial charge in [0.15, 0.2) is 11.5 Å². The standard InChI is InChI=1S/C21H16F5NO2/c22-20(23,21(24,25)26)19(27)14-11-12-17(28-15-7-3-1-4-8-15)18(13-14)29-16-9-5-2-6-10-16/h1-13,19H,27H2/t19-/m1/s1. The maximum Gasteiger partial charge on any atom is 0.455 e. The molecule has 0 aliphatic heterocycles. The zero-order chi connectivity index (χ0) is 21.1. The van der Waals surface area contributed by atoms with Crippen LogP contribution in [0, 0.1) is 0 Å². The van der Waals surface area contributed by atoms with Crippen molar-refractivity contribution < 1.29 is 31.4 Å². The monoisotopic (exact) mass is 409 g/mol. The molecular formula is C21H16F5NO2. The van der Waals surface area contributed by atoms with E-state index in [-0.39, 0.29) is 11.5 Å². The molecule has 0 heterocycles. The SMILES string of the molecule is N[C@H](c1ccc(Oc2ccccc2)c(Oc2ccccc2)c1)C(F)(F)C(F)(F)F. The van der Waals surface area contributed by atoms with Gasteiger partial charge >= 0.3 is 12.1 Å². The molecule has 0 fully saturated rings. The second kappa shape index (κ2) is 8.08. The molecule has 2 N–H and O–H groups in total. The van der Waals surface area contributed by atoms with E-state index in [4.69, 9.17) is 15.2 Å². The molecule has 0 aliphatic rings. The number of nitrogens with two attached hydrogens (primary N) is 1. The van der Waals surface area contributed by atoms with Gasteiger partial charge in [0.25, 0.3) is 0 Å². The Bertz CT molecular complexity index is 946. The summed E-state index contributed by atoms with van der Waals surface area (Å²) in [5.41, 5.74) is 4.81. The molecule has 0 aliphatic carbocycles. The first-order valence-corrected chi connectivity index (χ1v) is 8.48. The van der Waals surface area contributed by atoms with Crippen LogP contribution in [0.15, 0.2) is 78.9 Å². The third kappa shape index (κ3) is 4.65. The molecule has 3 nitrogen and oxygen atoms in total. The van der Waals surface area contributed by atoms with E-state index in [1.807, 2.05) is 0 Å². The lowest BCUT2D eigenvalue weighted by Gasteiger charge is -2.26. The number of hydrogen-bond acceptors (Lipinski definition) is 3. The summed E-state index contributed by atoms with van der Waals surface area (Å²) < 4.78 is 76.8. The van der Waals surface area contributed by atoms with Gasteiger partial charge in [0.1, 0.15) is 17.5 Å². The third-order valence-corrected chi connectivity index (χ3v) is 4.04. The van der Waals surface area contributed by atoms with E-state index in [9.17, 15) is 22.0 Å². The Labute approximate surface area is 163 Å². The average molecular weight is 409 g/mol. The van der Waals surface area contributed by atoms with Crippen LogP contribution in [0.2, 0.25) is 0 Å². The summed E-state index contributed by atoms with van der Waals surface area (Å²) in [6, 6.07) is 17.6. The summed E-state index contributed by atoms with van der Waals surface area (Å²) >= 11 is 0. The second-order valence-electron chi connectivity index (χ2n) is 6.13. The predicted molar refractivity (Wildman–Crippen MR) is 97.4 cm³/mol. The van der Waals surface area contributed by atoms with Gasteiger partial charge in [-0.15, -0.1) is 0 Å². The number of para-hydroxylation sites is 2. The van der Waals surface area contributed by atoms with Gasteiger partial charge in [-0.3, -0.25) is 0 Å². The molecule has 0 amide bonds. The molecule has 0 bridgehead atoms. The summed E-state index contributed by atoms with van der Waals surface area (Å²) in [4.78, 5) is 0. The fraction of sp³-hybridized carbons (Fsp3) is 0.143. The topological polar surface area (TPSA) is 44.5 Å². The van der Waals surface area contributed by atoms with E-state index in [2.05, 4.69) is 0 Å². The highest BCUT2D eigenvalue weighted by Gasteiger charge is 2.61. The van der Waals surface area contributed by atoms with Crippen molar-refractivity contribution in [2.45, 2.75) is 18.1 Å². The Hall–Kier alpha value is -3.13. The van der Waals surface area contributed by atoms with E-state index >= 15 is 0 Å². The van der Waals surface area contributed by atoms with E-state index in [0.29, 0.717) is 11.5 Å². The molecule has 152 valence electrons. The molecule has 0 saturated heterocycles. The van der Waals surface area contributed by atoms with Gasteiger partial charge < -0.3 is 15.2 Å². The van der Waals surface area contributed by atoms with Crippen LogP contribution < -0.4 is 15.2 Å². The van der Waals surface area contributed by atoms with Gasteiger partial charge in [0, 0.05) is 0 Å². The van der Waals surface area contributed by atoms with Crippen molar-refractivity contribution in [1.29, 1.82) is 0 Å². The van der Waals surface area contributed by atoms with Gasteiger partial charge in [0.2, 0.25) is 0 Å². The van der Waals surface area contributed by atoms with E-state index in [1.165, 1.54) is 6.07 Å². The van der Waals surface area contributed by atoms with Crippen LogP contribution >= 0.6 is 0 Å². The number of ether oxygens (including phenoxy) is 2. The van der Waals surface area contributed by atoms with Crippen molar-refractivity contribution in [2.75, 3.05) is 0 Å². The molecule has 0 spiro atoms. The summed E-state index contributed by atoms with van der Waals surface area (Å²) in [6.45, 7) is 0. The number of halogens is 5. The van der Waals surface area contributed by atoms with Gasteiger partial charge in [-0.25, -0.2) is 0 Å². The minimum absolute atomic E-state index is 0.0500. The number of alkyl halides is 5. The van der Waals surface area contributed by atoms with Crippen LogP contribution in [0.25, 0.3) is 0 Å². The fourth-order valence-corrected chi connectivity index (χ4v) is 2.50. The number of hydrogen-bond donors (Lipinski definition) is 1. The molecule has 0 saturated carbocycles. The van der Waals surface area contributed by atoms with Crippen molar-refractivity contribution in [3.63, 3.8) is 0 Å². The molecule has 0 radical (unpaired) electrons. The maximum absolute atomic E-state index is 13.7. The first kappa shape index (κ1) is 20.6. The van der Waals surface area contributed by atoms with Gasteiger partial charge in [-0.05, 0) is 42.0 Å². The van der Waals surface area contributed by atoms with Crippen molar-refractivity contribution in [3.8, 4) is 23.0 Å². The van der Waals surface area contributed by atoms with Crippen molar-refractivity contribution in [3.05, 3.63) is 84.4 Å². The van der Waals surface area contributed by atoms with Gasteiger partial charge in [0.05, 0.1) is 0 Å². The lowest BCUT2D eigenvalue weighted by molar-refractivity contribution is -0.291. The molecular weight excluding hydrogens is 393 g/mol.